The molecule has 0 spiro atoms. The number of rotatable bonds is 4. The molecule has 6 heteroatoms. The van der Waals surface area contributed by atoms with E-state index in [2.05, 4.69) is 4.98 Å². The van der Waals surface area contributed by atoms with Crippen molar-refractivity contribution in [2.45, 2.75) is 20.0 Å². The number of pyridine rings is 1. The van der Waals surface area contributed by atoms with Crippen LogP contribution >= 0.6 is 0 Å². The van der Waals surface area contributed by atoms with E-state index in [4.69, 9.17) is 15.2 Å². The van der Waals surface area contributed by atoms with E-state index >= 15 is 0 Å². The number of nitrogens with two attached hydrogens (primary N) is 1. The van der Waals surface area contributed by atoms with E-state index in [-0.39, 0.29) is 11.7 Å². The van der Waals surface area contributed by atoms with E-state index in [9.17, 15) is 9.59 Å². The Morgan fingerprint density at radius 3 is 2.66 bits per heavy atom. The molecule has 2 heterocycles. The number of benzene rings is 2. The first-order valence-electron chi connectivity index (χ1n) is 9.22. The van der Waals surface area contributed by atoms with E-state index in [0.29, 0.717) is 42.3 Å². The maximum atomic E-state index is 11.7. The van der Waals surface area contributed by atoms with Gasteiger partial charge in [0.1, 0.15) is 18.1 Å². The molecule has 0 bridgehead atoms. The molecule has 0 atom stereocenters. The standard InChI is InChI=1S/C16H15NO3.C7H7NO/c1-11-9-17-6-4-12(11)10-20-13-2-3-14-15(18)5-7-19-16(14)8-13;8-7(9)6-4-2-1-3-5-6/h2-4,6,8-9H,5,7,10H2,1H3;1-5H,(H2,8,9). The largest absolute Gasteiger partial charge is 0.492 e. The lowest BCUT2D eigenvalue weighted by Gasteiger charge is -2.17. The average molecular weight is 390 g/mol. The number of aryl methyl sites for hydroxylation is 1. The molecule has 148 valence electrons. The fourth-order valence-corrected chi connectivity index (χ4v) is 2.76. The number of primary amides is 1. The van der Waals surface area contributed by atoms with Crippen molar-refractivity contribution in [3.05, 3.63) is 89.2 Å². The van der Waals surface area contributed by atoms with Crippen LogP contribution in [-0.2, 0) is 6.61 Å². The number of ether oxygens (including phenoxy) is 2. The van der Waals surface area contributed by atoms with Crippen LogP contribution in [-0.4, -0.2) is 23.3 Å². The first kappa shape index (κ1) is 20.1. The summed E-state index contributed by atoms with van der Waals surface area (Å²) in [4.78, 5) is 26.2. The van der Waals surface area contributed by atoms with E-state index in [1.165, 1.54) is 0 Å². The second-order valence-corrected chi connectivity index (χ2v) is 6.50. The zero-order chi connectivity index (χ0) is 20.6. The molecule has 2 N–H and O–H groups in total. The van der Waals surface area contributed by atoms with Crippen LogP contribution in [0.3, 0.4) is 0 Å². The molecule has 0 saturated carbocycles. The number of carbonyl (C=O) groups excluding carboxylic acids is 2. The fraction of sp³-hybridized carbons (Fsp3) is 0.174. The van der Waals surface area contributed by atoms with Gasteiger partial charge in [0.2, 0.25) is 5.91 Å². The first-order chi connectivity index (χ1) is 14.0. The first-order valence-corrected chi connectivity index (χ1v) is 9.22. The van der Waals surface area contributed by atoms with Crippen LogP contribution in [0, 0.1) is 6.92 Å². The number of nitrogens with zero attached hydrogens (tertiary/aromatic N) is 1. The van der Waals surface area contributed by atoms with Gasteiger partial charge in [0.05, 0.1) is 12.2 Å². The summed E-state index contributed by atoms with van der Waals surface area (Å²) in [5.41, 5.74) is 8.36. The minimum absolute atomic E-state index is 0.128. The van der Waals surface area contributed by atoms with Gasteiger partial charge in [-0.3, -0.25) is 14.6 Å². The Bertz CT molecular complexity index is 1000. The molecule has 0 aliphatic carbocycles. The Morgan fingerprint density at radius 1 is 1.17 bits per heavy atom. The van der Waals surface area contributed by atoms with Crippen molar-refractivity contribution in [1.29, 1.82) is 0 Å². The molecule has 29 heavy (non-hydrogen) atoms. The van der Waals surface area contributed by atoms with Crippen molar-refractivity contribution in [2.24, 2.45) is 5.73 Å². The third-order valence-electron chi connectivity index (χ3n) is 4.43. The summed E-state index contributed by atoms with van der Waals surface area (Å²) in [5.74, 6) is 1.07. The molecule has 1 aromatic heterocycles. The van der Waals surface area contributed by atoms with Crippen LogP contribution in [0.15, 0.2) is 67.0 Å². The van der Waals surface area contributed by atoms with Gasteiger partial charge in [0, 0.05) is 30.4 Å². The third-order valence-corrected chi connectivity index (χ3v) is 4.43. The summed E-state index contributed by atoms with van der Waals surface area (Å²) in [7, 11) is 0. The summed E-state index contributed by atoms with van der Waals surface area (Å²) in [6, 6.07) is 16.1. The van der Waals surface area contributed by atoms with Crippen LogP contribution in [0.25, 0.3) is 0 Å². The lowest BCUT2D eigenvalue weighted by Crippen LogP contribution is -2.15. The Morgan fingerprint density at radius 2 is 1.97 bits per heavy atom. The van der Waals surface area contributed by atoms with Crippen LogP contribution < -0.4 is 15.2 Å². The Hall–Kier alpha value is -3.67. The molecule has 0 saturated heterocycles. The van der Waals surface area contributed by atoms with E-state index in [1.54, 1.807) is 42.6 Å². The van der Waals surface area contributed by atoms with E-state index in [0.717, 1.165) is 11.1 Å². The zero-order valence-electron chi connectivity index (χ0n) is 16.1. The third kappa shape index (κ3) is 5.42. The molecule has 2 aromatic carbocycles. The number of ketones is 1. The summed E-state index contributed by atoms with van der Waals surface area (Å²) < 4.78 is 11.3. The second kappa shape index (κ2) is 9.50. The lowest BCUT2D eigenvalue weighted by molar-refractivity contribution is 0.0932. The van der Waals surface area contributed by atoms with Gasteiger partial charge in [-0.05, 0) is 48.4 Å². The summed E-state index contributed by atoms with van der Waals surface area (Å²) >= 11 is 0. The minimum atomic E-state index is -0.379. The predicted octanol–water partition coefficient (Wildman–Crippen LogP) is 3.72. The predicted molar refractivity (Wildman–Crippen MR) is 109 cm³/mol. The van der Waals surface area contributed by atoms with E-state index < -0.39 is 0 Å². The van der Waals surface area contributed by atoms with Gasteiger partial charge < -0.3 is 15.2 Å². The molecule has 0 fully saturated rings. The number of hydrogen-bond acceptors (Lipinski definition) is 5. The number of carbonyl (C=O) groups is 2. The highest BCUT2D eigenvalue weighted by Crippen LogP contribution is 2.29. The SMILES string of the molecule is Cc1cnccc1COc1ccc2c(c1)OCCC2=O.NC(=O)c1ccccc1. The summed E-state index contributed by atoms with van der Waals surface area (Å²) in [6.45, 7) is 2.92. The number of Topliss-reactive ketones (excluding diaryl/α,β-unsaturated/α-hetero) is 1. The lowest BCUT2D eigenvalue weighted by atomic mass is 10.1. The van der Waals surface area contributed by atoms with Crippen LogP contribution in [0.5, 0.6) is 11.5 Å². The molecule has 0 unspecified atom stereocenters. The molecule has 1 aliphatic rings. The van der Waals surface area contributed by atoms with E-state index in [1.807, 2.05) is 31.3 Å². The fourth-order valence-electron chi connectivity index (χ4n) is 2.76. The number of hydrogen-bond donors (Lipinski definition) is 1. The van der Waals surface area contributed by atoms with Gasteiger partial charge >= 0.3 is 0 Å². The maximum Gasteiger partial charge on any atom is 0.248 e. The highest BCUT2D eigenvalue weighted by Gasteiger charge is 2.18. The quantitative estimate of drug-likeness (QED) is 0.733. The Balaban J connectivity index is 0.000000224. The molecular weight excluding hydrogens is 368 g/mol. The number of fused-ring (bicyclic) bond motifs is 1. The highest BCUT2D eigenvalue weighted by atomic mass is 16.5. The number of amides is 1. The van der Waals surface area contributed by atoms with Crippen LogP contribution in [0.2, 0.25) is 0 Å². The van der Waals surface area contributed by atoms with Crippen molar-refractivity contribution in [2.75, 3.05) is 6.61 Å². The topological polar surface area (TPSA) is 91.5 Å². The van der Waals surface area contributed by atoms with Crippen molar-refractivity contribution in [1.82, 2.24) is 4.98 Å². The van der Waals surface area contributed by atoms with Gasteiger partial charge in [-0.2, -0.15) is 0 Å². The van der Waals surface area contributed by atoms with Crippen molar-refractivity contribution < 1.29 is 19.1 Å². The monoisotopic (exact) mass is 390 g/mol. The smallest absolute Gasteiger partial charge is 0.248 e. The van der Waals surface area contributed by atoms with Gasteiger partial charge in [-0.15, -0.1) is 0 Å². The Labute approximate surface area is 169 Å². The molecule has 0 radical (unpaired) electrons. The van der Waals surface area contributed by atoms with Crippen molar-refractivity contribution in [3.8, 4) is 11.5 Å². The normalized spacial score (nSPS) is 12.1. The zero-order valence-corrected chi connectivity index (χ0v) is 16.1. The molecule has 3 aromatic rings. The van der Waals surface area contributed by atoms with Gasteiger partial charge in [0.15, 0.2) is 5.78 Å². The molecular formula is C23H22N2O4. The summed E-state index contributed by atoms with van der Waals surface area (Å²) in [6.07, 6.45) is 4.01. The van der Waals surface area contributed by atoms with Crippen LogP contribution in [0.4, 0.5) is 0 Å². The van der Waals surface area contributed by atoms with Crippen molar-refractivity contribution >= 4 is 11.7 Å². The van der Waals surface area contributed by atoms with Gasteiger partial charge in [-0.1, -0.05) is 18.2 Å². The Kier molecular flexibility index (Phi) is 6.58. The van der Waals surface area contributed by atoms with Crippen molar-refractivity contribution in [3.63, 3.8) is 0 Å². The molecule has 6 nitrogen and oxygen atoms in total. The molecule has 4 rings (SSSR count). The summed E-state index contributed by atoms with van der Waals surface area (Å²) in [5, 5.41) is 0. The van der Waals surface area contributed by atoms with Gasteiger partial charge in [-0.25, -0.2) is 0 Å². The second-order valence-electron chi connectivity index (χ2n) is 6.50. The molecule has 1 aliphatic heterocycles. The van der Waals surface area contributed by atoms with Gasteiger partial charge in [0.25, 0.3) is 0 Å². The average Bonchev–Trinajstić information content (AvgIpc) is 2.74. The minimum Gasteiger partial charge on any atom is -0.492 e. The van der Waals surface area contributed by atoms with Crippen LogP contribution in [0.1, 0.15) is 38.3 Å². The molecule has 1 amide bonds. The number of aromatic nitrogens is 1. The highest BCUT2D eigenvalue weighted by molar-refractivity contribution is 5.99. The maximum absolute atomic E-state index is 11.7.